The molecule has 2 aromatic rings. The highest BCUT2D eigenvalue weighted by atomic mass is 32.2. The molecule has 7 atom stereocenters. The zero-order valence-corrected chi connectivity index (χ0v) is 28.7. The van der Waals surface area contributed by atoms with Crippen molar-refractivity contribution in [1.29, 1.82) is 5.41 Å². The van der Waals surface area contributed by atoms with Crippen molar-refractivity contribution in [2.45, 2.75) is 102 Å². The van der Waals surface area contributed by atoms with Gasteiger partial charge in [0.2, 0.25) is 5.91 Å². The molecule has 4 N–H and O–H groups in total. The Morgan fingerprint density at radius 3 is 2.49 bits per heavy atom. The molecule has 252 valence electrons. The second-order valence-electron chi connectivity index (χ2n) is 14.5. The predicted octanol–water partition coefficient (Wildman–Crippen LogP) is 4.96. The number of carbonyl (C=O) groups excluding carboxylic acids is 2. The van der Waals surface area contributed by atoms with E-state index >= 15 is 0 Å². The maximum atomic E-state index is 14.2. The molecular weight excluding hydrogens is 611 g/mol. The molecule has 3 aliphatic carbocycles. The number of nitrogens with two attached hydrogens (primary N) is 1. The van der Waals surface area contributed by atoms with Gasteiger partial charge in [0.05, 0.1) is 24.3 Å². The molecule has 47 heavy (non-hydrogen) atoms. The van der Waals surface area contributed by atoms with Gasteiger partial charge in [-0.2, -0.15) is 0 Å². The van der Waals surface area contributed by atoms with Gasteiger partial charge in [-0.05, 0) is 73.8 Å². The fourth-order valence-corrected chi connectivity index (χ4v) is 8.95. The van der Waals surface area contributed by atoms with Crippen LogP contribution in [-0.2, 0) is 36.7 Å². The first-order valence-electron chi connectivity index (χ1n) is 17.2. The lowest BCUT2D eigenvalue weighted by atomic mass is 9.43. The van der Waals surface area contributed by atoms with E-state index in [9.17, 15) is 9.59 Å². The van der Waals surface area contributed by atoms with E-state index in [0.29, 0.717) is 50.0 Å². The van der Waals surface area contributed by atoms with Crippen LogP contribution in [0.15, 0.2) is 60.7 Å². The summed E-state index contributed by atoms with van der Waals surface area (Å²) >= 11 is 1.30. The molecule has 9 nitrogen and oxygen atoms in total. The van der Waals surface area contributed by atoms with Gasteiger partial charge in [-0.3, -0.25) is 15.0 Å². The highest BCUT2D eigenvalue weighted by Gasteiger charge is 2.68. The molecule has 2 heterocycles. The number of carbonyl (C=O) groups is 2. The summed E-state index contributed by atoms with van der Waals surface area (Å²) in [6, 6.07) is 19.1. The van der Waals surface area contributed by atoms with Crippen LogP contribution < -0.4 is 11.1 Å². The Hall–Kier alpha value is -2.86. The second-order valence-corrected chi connectivity index (χ2v) is 15.6. The summed E-state index contributed by atoms with van der Waals surface area (Å²) in [7, 11) is -0.572. The minimum atomic E-state index is -0.718. The molecule has 5 aliphatic rings. The van der Waals surface area contributed by atoms with Crippen molar-refractivity contribution in [2.24, 2.45) is 23.0 Å². The molecule has 2 aromatic carbocycles. The van der Waals surface area contributed by atoms with Crippen LogP contribution >= 0.6 is 11.8 Å². The molecule has 0 aromatic heterocycles. The number of rotatable bonds is 13. The molecular formula is C36H49BN4O5S. The van der Waals surface area contributed by atoms with Crippen LogP contribution in [0, 0.1) is 22.7 Å². The van der Waals surface area contributed by atoms with Gasteiger partial charge in [-0.1, -0.05) is 86.3 Å². The Labute approximate surface area is 283 Å². The molecule has 2 saturated heterocycles. The maximum Gasteiger partial charge on any atom is 0.481 e. The fourth-order valence-electron chi connectivity index (χ4n) is 8.42. The summed E-state index contributed by atoms with van der Waals surface area (Å²) in [5, 5.41) is 11.0. The van der Waals surface area contributed by atoms with E-state index in [0.717, 1.165) is 36.8 Å². The summed E-state index contributed by atoms with van der Waals surface area (Å²) < 4.78 is 19.7. The summed E-state index contributed by atoms with van der Waals surface area (Å²) in [6.07, 6.45) is 4.51. The molecule has 0 radical (unpaired) electrons. The van der Waals surface area contributed by atoms with Crippen molar-refractivity contribution in [1.82, 2.24) is 10.2 Å². The van der Waals surface area contributed by atoms with Crippen molar-refractivity contribution in [3.63, 3.8) is 0 Å². The molecule has 11 heteroatoms. The Kier molecular flexibility index (Phi) is 10.4. The van der Waals surface area contributed by atoms with E-state index in [2.05, 4.69) is 26.1 Å². The van der Waals surface area contributed by atoms with Gasteiger partial charge in [0.15, 0.2) is 5.17 Å². The highest BCUT2D eigenvalue weighted by Crippen LogP contribution is 2.65. The third-order valence-electron chi connectivity index (χ3n) is 11.2. The molecule has 2 bridgehead atoms. The predicted molar refractivity (Wildman–Crippen MR) is 186 cm³/mol. The average Bonchev–Trinajstić information content (AvgIpc) is 3.69. The normalized spacial score (nSPS) is 28.7. The number of ether oxygens (including phenoxy) is 1. The van der Waals surface area contributed by atoms with Crippen LogP contribution in [0.1, 0.15) is 70.4 Å². The Bertz CT molecular complexity index is 1420. The SMILES string of the molecule is CC1(C)[C@@H]2C[C@H]1[C@]1(C)OB([C@H](CCCSC(=N)N)NC(=O)[C@@H]3CCCN3C(=O)[C@@H](Cc3ccccc3)OCc3ccccc3)O[C@@H]1C2. The minimum absolute atomic E-state index is 0.000312. The van der Waals surface area contributed by atoms with E-state index in [4.69, 9.17) is 25.2 Å². The zero-order chi connectivity index (χ0) is 33.2. The summed E-state index contributed by atoms with van der Waals surface area (Å²) in [5.74, 6) is 0.975. The first-order valence-corrected chi connectivity index (χ1v) is 18.1. The van der Waals surface area contributed by atoms with E-state index in [1.54, 1.807) is 4.90 Å². The first-order chi connectivity index (χ1) is 22.6. The molecule has 5 fully saturated rings. The number of nitrogens with zero attached hydrogens (tertiary/aromatic N) is 1. The van der Waals surface area contributed by atoms with Gasteiger partial charge in [0, 0.05) is 18.7 Å². The maximum absolute atomic E-state index is 14.2. The van der Waals surface area contributed by atoms with Gasteiger partial charge in [-0.15, -0.1) is 0 Å². The lowest BCUT2D eigenvalue weighted by molar-refractivity contribution is -0.199. The fraction of sp³-hybridized carbons (Fsp3) is 0.583. The van der Waals surface area contributed by atoms with Crippen LogP contribution in [-0.4, -0.2) is 71.1 Å². The number of thioether (sulfide) groups is 1. The summed E-state index contributed by atoms with van der Waals surface area (Å²) in [5.41, 5.74) is 7.41. The van der Waals surface area contributed by atoms with E-state index in [1.807, 2.05) is 60.7 Å². The Morgan fingerprint density at radius 2 is 1.81 bits per heavy atom. The number of hydrogen-bond donors (Lipinski definition) is 3. The largest absolute Gasteiger partial charge is 0.481 e. The number of nitrogens with one attached hydrogen (secondary N) is 2. The standard InChI is InChI=1S/C36H49BN4O5S/c1-35(2)26-21-29(35)36(3)30(22-26)45-37(46-36)31(17-11-19-47-34(38)39)40-32(42)27-16-10-18-41(27)33(43)28(20-24-12-6-4-7-13-24)44-23-25-14-8-5-9-15-25/h4-9,12-15,26-31H,10-11,16-23H2,1-3H3,(H3,38,39)(H,40,42)/t26-,27+,28-,29-,30-,31+,36+/m1/s1. The first kappa shape index (κ1) is 34.0. The smallest absolute Gasteiger partial charge is 0.404 e. The van der Waals surface area contributed by atoms with Gasteiger partial charge in [-0.25, -0.2) is 0 Å². The van der Waals surface area contributed by atoms with Gasteiger partial charge in [0.25, 0.3) is 5.91 Å². The number of likely N-dealkylation sites (tertiary alicyclic amines) is 1. The van der Waals surface area contributed by atoms with Crippen molar-refractivity contribution < 1.29 is 23.6 Å². The van der Waals surface area contributed by atoms with Crippen molar-refractivity contribution in [3.8, 4) is 0 Å². The van der Waals surface area contributed by atoms with Crippen molar-refractivity contribution in [2.75, 3.05) is 12.3 Å². The number of hydrogen-bond acceptors (Lipinski definition) is 7. The van der Waals surface area contributed by atoms with Crippen molar-refractivity contribution in [3.05, 3.63) is 71.8 Å². The van der Waals surface area contributed by atoms with Crippen LogP contribution in [0.3, 0.4) is 0 Å². The number of amides is 2. The van der Waals surface area contributed by atoms with Crippen LogP contribution in [0.5, 0.6) is 0 Å². The Morgan fingerprint density at radius 1 is 1.11 bits per heavy atom. The van der Waals surface area contributed by atoms with Crippen LogP contribution in [0.2, 0.25) is 0 Å². The Balaban J connectivity index is 1.16. The zero-order valence-electron chi connectivity index (χ0n) is 27.9. The van der Waals surface area contributed by atoms with Gasteiger partial charge < -0.3 is 30.0 Å². The highest BCUT2D eigenvalue weighted by molar-refractivity contribution is 8.13. The van der Waals surface area contributed by atoms with Gasteiger partial charge >= 0.3 is 7.12 Å². The minimum Gasteiger partial charge on any atom is -0.404 e. The van der Waals surface area contributed by atoms with E-state index in [1.165, 1.54) is 11.8 Å². The lowest BCUT2D eigenvalue weighted by Gasteiger charge is -2.64. The quantitative estimate of drug-likeness (QED) is 0.120. The molecule has 7 rings (SSSR count). The molecule has 0 spiro atoms. The lowest BCUT2D eigenvalue weighted by Crippen LogP contribution is -2.65. The van der Waals surface area contributed by atoms with E-state index < -0.39 is 24.9 Å². The van der Waals surface area contributed by atoms with Crippen LogP contribution in [0.4, 0.5) is 0 Å². The number of benzene rings is 2. The topological polar surface area (TPSA) is 127 Å². The third kappa shape index (κ3) is 7.28. The van der Waals surface area contributed by atoms with E-state index in [-0.39, 0.29) is 34.4 Å². The summed E-state index contributed by atoms with van der Waals surface area (Å²) in [6.45, 7) is 7.67. The monoisotopic (exact) mass is 660 g/mol. The molecule has 0 unspecified atom stereocenters. The number of amidine groups is 1. The second kappa shape index (κ2) is 14.3. The summed E-state index contributed by atoms with van der Waals surface area (Å²) in [4.78, 5) is 29.9. The third-order valence-corrected chi connectivity index (χ3v) is 12.0. The average molecular weight is 661 g/mol. The molecule has 2 amide bonds. The molecule has 3 saturated carbocycles. The van der Waals surface area contributed by atoms with Crippen molar-refractivity contribution >= 4 is 35.9 Å². The van der Waals surface area contributed by atoms with Crippen LogP contribution in [0.25, 0.3) is 0 Å². The van der Waals surface area contributed by atoms with Gasteiger partial charge in [0.1, 0.15) is 12.1 Å². The molecule has 2 aliphatic heterocycles.